The topological polar surface area (TPSA) is 106 Å². The van der Waals surface area contributed by atoms with Gasteiger partial charge in [0.25, 0.3) is 11.7 Å². The number of ketones is 1. The number of phenolic OH excluding ortho intramolecular Hbond substituents is 1. The molecule has 0 aromatic heterocycles. The maximum absolute atomic E-state index is 13.4. The Kier molecular flexibility index (Phi) is 7.15. The lowest BCUT2D eigenvalue weighted by molar-refractivity contribution is -0.132. The molecule has 1 fully saturated rings. The summed E-state index contributed by atoms with van der Waals surface area (Å²) in [7, 11) is 1.50. The average molecular weight is 490 g/mol. The largest absolute Gasteiger partial charge is 0.507 e. The summed E-state index contributed by atoms with van der Waals surface area (Å²) in [5.41, 5.74) is 1.12. The van der Waals surface area contributed by atoms with Crippen molar-refractivity contribution in [2.24, 2.45) is 0 Å². The van der Waals surface area contributed by atoms with Crippen LogP contribution in [0.4, 0.5) is 5.69 Å². The third-order valence-corrected chi connectivity index (χ3v) is 5.79. The zero-order valence-corrected chi connectivity index (χ0v) is 20.2. The van der Waals surface area contributed by atoms with Gasteiger partial charge < -0.3 is 24.4 Å². The molecule has 1 aliphatic rings. The van der Waals surface area contributed by atoms with Crippen LogP contribution in [0.2, 0.25) is 0 Å². The second-order valence-corrected chi connectivity index (χ2v) is 7.99. The van der Waals surface area contributed by atoms with E-state index >= 15 is 0 Å². The van der Waals surface area contributed by atoms with E-state index in [1.165, 1.54) is 18.1 Å². The van der Waals surface area contributed by atoms with Crippen molar-refractivity contribution in [3.05, 3.63) is 83.4 Å². The first-order valence-corrected chi connectivity index (χ1v) is 11.5. The molecule has 4 rings (SSSR count). The zero-order chi connectivity index (χ0) is 25.8. The molecule has 1 saturated heterocycles. The number of benzene rings is 3. The number of Topliss-reactive ketones (excluding diaryl/α,β-unsaturated/α-hetero) is 1. The number of aliphatic hydroxyl groups excluding tert-OH is 1. The Morgan fingerprint density at radius 2 is 1.64 bits per heavy atom. The van der Waals surface area contributed by atoms with E-state index in [0.29, 0.717) is 41.5 Å². The van der Waals surface area contributed by atoms with Gasteiger partial charge in [-0.05, 0) is 55.8 Å². The molecule has 3 aromatic rings. The van der Waals surface area contributed by atoms with Gasteiger partial charge in [0, 0.05) is 17.3 Å². The summed E-state index contributed by atoms with van der Waals surface area (Å²) in [6.45, 7) is 4.35. The van der Waals surface area contributed by atoms with Crippen molar-refractivity contribution in [3.8, 4) is 23.0 Å². The summed E-state index contributed by atoms with van der Waals surface area (Å²) < 4.78 is 16.4. The highest BCUT2D eigenvalue weighted by atomic mass is 16.5. The Morgan fingerprint density at radius 3 is 2.36 bits per heavy atom. The molecule has 8 nitrogen and oxygen atoms in total. The van der Waals surface area contributed by atoms with Gasteiger partial charge in [0.15, 0.2) is 11.5 Å². The van der Waals surface area contributed by atoms with Gasteiger partial charge in [0.1, 0.15) is 17.3 Å². The summed E-state index contributed by atoms with van der Waals surface area (Å²) in [4.78, 5) is 28.1. The first-order valence-electron chi connectivity index (χ1n) is 11.5. The molecule has 1 amide bonds. The van der Waals surface area contributed by atoms with Crippen LogP contribution in [-0.2, 0) is 9.59 Å². The van der Waals surface area contributed by atoms with Crippen LogP contribution in [0, 0.1) is 0 Å². The number of ether oxygens (including phenoxy) is 3. The molecule has 0 aliphatic carbocycles. The summed E-state index contributed by atoms with van der Waals surface area (Å²) in [5.74, 6) is -0.848. The van der Waals surface area contributed by atoms with Gasteiger partial charge in [0.2, 0.25) is 0 Å². The van der Waals surface area contributed by atoms with Crippen LogP contribution in [0.3, 0.4) is 0 Å². The number of aliphatic hydroxyl groups is 1. The van der Waals surface area contributed by atoms with Crippen LogP contribution in [-0.4, -0.2) is 42.2 Å². The smallest absolute Gasteiger partial charge is 0.300 e. The van der Waals surface area contributed by atoms with Crippen molar-refractivity contribution in [1.82, 2.24) is 0 Å². The molecule has 186 valence electrons. The number of nitrogens with zero attached hydrogens (tertiary/aromatic N) is 1. The van der Waals surface area contributed by atoms with Crippen molar-refractivity contribution >= 4 is 23.1 Å². The number of anilines is 1. The number of rotatable bonds is 8. The van der Waals surface area contributed by atoms with E-state index in [4.69, 9.17) is 14.2 Å². The second kappa shape index (κ2) is 10.4. The Hall–Kier alpha value is -4.46. The van der Waals surface area contributed by atoms with Crippen LogP contribution >= 0.6 is 0 Å². The predicted octanol–water partition coefficient (Wildman–Crippen LogP) is 4.82. The molecule has 8 heteroatoms. The monoisotopic (exact) mass is 489 g/mol. The molecule has 0 spiro atoms. The number of phenols is 1. The Bertz CT molecular complexity index is 1330. The summed E-state index contributed by atoms with van der Waals surface area (Å²) in [5, 5.41) is 21.5. The zero-order valence-electron chi connectivity index (χ0n) is 20.2. The van der Waals surface area contributed by atoms with E-state index < -0.39 is 17.7 Å². The minimum Gasteiger partial charge on any atom is -0.507 e. The highest BCUT2D eigenvalue weighted by molar-refractivity contribution is 6.51. The Labute approximate surface area is 209 Å². The molecule has 1 aliphatic heterocycles. The number of carbonyl (C=O) groups excluding carboxylic acids is 2. The van der Waals surface area contributed by atoms with Gasteiger partial charge in [-0.3, -0.25) is 14.5 Å². The first kappa shape index (κ1) is 24.7. The van der Waals surface area contributed by atoms with Gasteiger partial charge in [-0.25, -0.2) is 0 Å². The summed E-state index contributed by atoms with van der Waals surface area (Å²) in [6.07, 6.45) is 0. The van der Waals surface area contributed by atoms with E-state index in [-0.39, 0.29) is 22.8 Å². The quantitative estimate of drug-likeness (QED) is 0.265. The fraction of sp³-hybridized carbons (Fsp3) is 0.214. The van der Waals surface area contributed by atoms with E-state index in [1.807, 2.05) is 6.92 Å². The van der Waals surface area contributed by atoms with Crippen LogP contribution in [0.15, 0.2) is 72.3 Å². The number of hydrogen-bond donors (Lipinski definition) is 2. The number of hydrogen-bond acceptors (Lipinski definition) is 7. The lowest BCUT2D eigenvalue weighted by Crippen LogP contribution is -2.29. The van der Waals surface area contributed by atoms with Gasteiger partial charge >= 0.3 is 0 Å². The Balaban J connectivity index is 1.95. The van der Waals surface area contributed by atoms with Gasteiger partial charge in [-0.2, -0.15) is 0 Å². The van der Waals surface area contributed by atoms with Crippen LogP contribution in [0.5, 0.6) is 23.0 Å². The minimum atomic E-state index is -0.993. The highest BCUT2D eigenvalue weighted by Crippen LogP contribution is 2.44. The van der Waals surface area contributed by atoms with Gasteiger partial charge in [0.05, 0.1) is 31.9 Å². The van der Waals surface area contributed by atoms with Gasteiger partial charge in [-0.15, -0.1) is 0 Å². The molecular formula is C28H27NO7. The molecule has 0 saturated carbocycles. The molecule has 36 heavy (non-hydrogen) atoms. The molecule has 1 unspecified atom stereocenters. The first-order chi connectivity index (χ1) is 17.4. The molecule has 0 bridgehead atoms. The summed E-state index contributed by atoms with van der Waals surface area (Å²) in [6, 6.07) is 17.0. The lowest BCUT2D eigenvalue weighted by atomic mass is 9.94. The van der Waals surface area contributed by atoms with Gasteiger partial charge in [-0.1, -0.05) is 24.3 Å². The van der Waals surface area contributed by atoms with Crippen molar-refractivity contribution in [2.45, 2.75) is 19.9 Å². The summed E-state index contributed by atoms with van der Waals surface area (Å²) >= 11 is 0. The van der Waals surface area contributed by atoms with E-state index in [9.17, 15) is 19.8 Å². The number of amides is 1. The fourth-order valence-electron chi connectivity index (χ4n) is 4.20. The minimum absolute atomic E-state index is 0.0799. The third kappa shape index (κ3) is 4.57. The Morgan fingerprint density at radius 1 is 0.917 bits per heavy atom. The normalized spacial score (nSPS) is 16.8. The van der Waals surface area contributed by atoms with E-state index in [2.05, 4.69) is 0 Å². The molecule has 3 aromatic carbocycles. The second-order valence-electron chi connectivity index (χ2n) is 7.99. The SMILES string of the molecule is CCOc1cccc(N2C(=O)C(=O)/C(=C(\O)c3cccc(OC)c3)C2c2ccc(O)c(OCC)c2)c1. The van der Waals surface area contributed by atoms with Crippen molar-refractivity contribution < 1.29 is 34.0 Å². The maximum Gasteiger partial charge on any atom is 0.300 e. The highest BCUT2D eigenvalue weighted by Gasteiger charge is 2.47. The predicted molar refractivity (Wildman–Crippen MR) is 135 cm³/mol. The van der Waals surface area contributed by atoms with E-state index in [1.54, 1.807) is 67.6 Å². The fourth-order valence-corrected chi connectivity index (χ4v) is 4.20. The van der Waals surface area contributed by atoms with Crippen molar-refractivity contribution in [3.63, 3.8) is 0 Å². The average Bonchev–Trinajstić information content (AvgIpc) is 3.15. The van der Waals surface area contributed by atoms with Crippen molar-refractivity contribution in [2.75, 3.05) is 25.2 Å². The molecule has 1 atom stereocenters. The molecule has 0 radical (unpaired) electrons. The molecular weight excluding hydrogens is 462 g/mol. The standard InChI is InChI=1S/C28H27NO7/c1-4-35-21-11-7-9-19(16-21)29-25(17-12-13-22(30)23(15-17)36-5-2)24(27(32)28(29)33)26(31)18-8-6-10-20(14-18)34-3/h6-16,25,30-31H,4-5H2,1-3H3/b26-24-. The maximum atomic E-state index is 13.4. The molecule has 1 heterocycles. The van der Waals surface area contributed by atoms with Crippen LogP contribution in [0.25, 0.3) is 5.76 Å². The van der Waals surface area contributed by atoms with Crippen LogP contribution < -0.4 is 19.1 Å². The number of carbonyl (C=O) groups is 2. The van der Waals surface area contributed by atoms with E-state index in [0.717, 1.165) is 0 Å². The molecule has 2 N–H and O–H groups in total. The van der Waals surface area contributed by atoms with Crippen LogP contribution in [0.1, 0.15) is 31.0 Å². The third-order valence-electron chi connectivity index (χ3n) is 5.79. The lowest BCUT2D eigenvalue weighted by Gasteiger charge is -2.26. The number of aromatic hydroxyl groups is 1. The van der Waals surface area contributed by atoms with Crippen molar-refractivity contribution in [1.29, 1.82) is 0 Å². The number of methoxy groups -OCH3 is 1.